The first-order valence-corrected chi connectivity index (χ1v) is 8.97. The van der Waals surface area contributed by atoms with Gasteiger partial charge in [0.05, 0.1) is 22.3 Å². The zero-order valence-electron chi connectivity index (χ0n) is 15.4. The Morgan fingerprint density at radius 2 is 2.04 bits per heavy atom. The van der Waals surface area contributed by atoms with Crippen LogP contribution < -0.4 is 10.6 Å². The van der Waals surface area contributed by atoms with E-state index in [9.17, 15) is 4.79 Å². The van der Waals surface area contributed by atoms with Gasteiger partial charge in [-0.2, -0.15) is 0 Å². The zero-order chi connectivity index (χ0) is 18.1. The van der Waals surface area contributed by atoms with Crippen LogP contribution >= 0.6 is 12.4 Å². The third-order valence-corrected chi connectivity index (χ3v) is 4.84. The SMILES string of the molecule is Cc1ccc(-c2cc(C(=O)N[C@H]3CCCNC3)c3c(C)noc3n2)cc1.Cl. The van der Waals surface area contributed by atoms with Crippen molar-refractivity contribution in [2.24, 2.45) is 0 Å². The molecule has 0 saturated carbocycles. The first-order valence-electron chi connectivity index (χ1n) is 8.97. The van der Waals surface area contributed by atoms with Gasteiger partial charge in [-0.25, -0.2) is 4.98 Å². The number of carbonyl (C=O) groups is 1. The van der Waals surface area contributed by atoms with Gasteiger partial charge in [0.25, 0.3) is 11.6 Å². The summed E-state index contributed by atoms with van der Waals surface area (Å²) in [5.41, 5.74) is 4.46. The molecule has 6 nitrogen and oxygen atoms in total. The minimum atomic E-state index is -0.106. The number of benzene rings is 1. The lowest BCUT2D eigenvalue weighted by atomic mass is 10.0. The zero-order valence-corrected chi connectivity index (χ0v) is 16.2. The molecular weight excluding hydrogens is 364 g/mol. The molecule has 1 saturated heterocycles. The number of nitrogens with one attached hydrogen (secondary N) is 2. The Balaban J connectivity index is 0.00000210. The van der Waals surface area contributed by atoms with Gasteiger partial charge in [0.15, 0.2) is 0 Å². The summed E-state index contributed by atoms with van der Waals surface area (Å²) in [7, 11) is 0. The van der Waals surface area contributed by atoms with Crippen LogP contribution in [0.2, 0.25) is 0 Å². The molecule has 7 heteroatoms. The monoisotopic (exact) mass is 386 g/mol. The van der Waals surface area contributed by atoms with E-state index in [4.69, 9.17) is 4.52 Å². The third-order valence-electron chi connectivity index (χ3n) is 4.84. The fourth-order valence-corrected chi connectivity index (χ4v) is 3.38. The van der Waals surface area contributed by atoms with Gasteiger partial charge in [0, 0.05) is 18.2 Å². The van der Waals surface area contributed by atoms with Crippen molar-refractivity contribution in [3.05, 3.63) is 47.2 Å². The van der Waals surface area contributed by atoms with E-state index >= 15 is 0 Å². The molecule has 3 aromatic rings. The number of carbonyl (C=O) groups excluding carboxylic acids is 1. The van der Waals surface area contributed by atoms with Crippen LogP contribution in [-0.4, -0.2) is 35.2 Å². The number of hydrogen-bond donors (Lipinski definition) is 2. The number of rotatable bonds is 3. The Kier molecular flexibility index (Phi) is 5.77. The van der Waals surface area contributed by atoms with Gasteiger partial charge in [0.1, 0.15) is 0 Å². The molecule has 1 fully saturated rings. The predicted octanol–water partition coefficient (Wildman–Crippen LogP) is 3.41. The normalized spacial score (nSPS) is 16.7. The maximum Gasteiger partial charge on any atom is 0.259 e. The second-order valence-corrected chi connectivity index (χ2v) is 6.89. The molecule has 0 spiro atoms. The van der Waals surface area contributed by atoms with Gasteiger partial charge in [-0.1, -0.05) is 35.0 Å². The molecular formula is C20H23ClN4O2. The molecule has 0 unspecified atom stereocenters. The van der Waals surface area contributed by atoms with E-state index in [2.05, 4.69) is 20.8 Å². The van der Waals surface area contributed by atoms with Crippen LogP contribution in [0, 0.1) is 13.8 Å². The molecule has 1 aliphatic rings. The number of pyridine rings is 1. The van der Waals surface area contributed by atoms with E-state index in [1.165, 1.54) is 5.56 Å². The second kappa shape index (κ2) is 8.06. The summed E-state index contributed by atoms with van der Waals surface area (Å²) in [6.45, 7) is 5.68. The molecule has 2 N–H and O–H groups in total. The summed E-state index contributed by atoms with van der Waals surface area (Å²) >= 11 is 0. The molecule has 0 radical (unpaired) electrons. The van der Waals surface area contributed by atoms with Gasteiger partial charge in [0.2, 0.25) is 0 Å². The van der Waals surface area contributed by atoms with Crippen LogP contribution in [0.25, 0.3) is 22.4 Å². The molecule has 2 aromatic heterocycles. The highest BCUT2D eigenvalue weighted by Gasteiger charge is 2.22. The van der Waals surface area contributed by atoms with Gasteiger partial charge in [-0.05, 0) is 39.3 Å². The van der Waals surface area contributed by atoms with Crippen LogP contribution in [0.4, 0.5) is 0 Å². The van der Waals surface area contributed by atoms with E-state index in [1.807, 2.05) is 44.2 Å². The van der Waals surface area contributed by atoms with Crippen molar-refractivity contribution in [2.75, 3.05) is 13.1 Å². The van der Waals surface area contributed by atoms with Crippen molar-refractivity contribution in [3.8, 4) is 11.3 Å². The second-order valence-electron chi connectivity index (χ2n) is 6.89. The van der Waals surface area contributed by atoms with Gasteiger partial charge in [-0.3, -0.25) is 4.79 Å². The Hall–Kier alpha value is -2.44. The highest BCUT2D eigenvalue weighted by molar-refractivity contribution is 6.07. The molecule has 3 heterocycles. The summed E-state index contributed by atoms with van der Waals surface area (Å²) in [4.78, 5) is 17.5. The van der Waals surface area contributed by atoms with Crippen molar-refractivity contribution >= 4 is 29.4 Å². The van der Waals surface area contributed by atoms with Crippen LogP contribution in [-0.2, 0) is 0 Å². The number of halogens is 1. The standard InChI is InChI=1S/C20H22N4O2.ClH/c1-12-5-7-14(8-6-12)17-10-16(18-13(2)24-26-20(18)23-17)19(25)22-15-4-3-9-21-11-15;/h5-8,10,15,21H,3-4,9,11H2,1-2H3,(H,22,25);1H/t15-;/m0./s1. The lowest BCUT2D eigenvalue weighted by Gasteiger charge is -2.24. The lowest BCUT2D eigenvalue weighted by molar-refractivity contribution is 0.0932. The number of hydrogen-bond acceptors (Lipinski definition) is 5. The van der Waals surface area contributed by atoms with Crippen LogP contribution in [0.5, 0.6) is 0 Å². The van der Waals surface area contributed by atoms with E-state index in [0.717, 1.165) is 31.5 Å². The Labute approximate surface area is 164 Å². The molecule has 27 heavy (non-hydrogen) atoms. The molecule has 0 bridgehead atoms. The minimum Gasteiger partial charge on any atom is -0.348 e. The van der Waals surface area contributed by atoms with Gasteiger partial charge >= 0.3 is 0 Å². The average molecular weight is 387 g/mol. The van der Waals surface area contributed by atoms with Crippen LogP contribution in [0.15, 0.2) is 34.9 Å². The smallest absolute Gasteiger partial charge is 0.259 e. The Bertz CT molecular complexity index is 947. The Morgan fingerprint density at radius 1 is 1.26 bits per heavy atom. The van der Waals surface area contributed by atoms with E-state index in [1.54, 1.807) is 0 Å². The predicted molar refractivity (Wildman–Crippen MR) is 107 cm³/mol. The highest BCUT2D eigenvalue weighted by atomic mass is 35.5. The maximum absolute atomic E-state index is 13.0. The minimum absolute atomic E-state index is 0. The van der Waals surface area contributed by atoms with Crippen molar-refractivity contribution < 1.29 is 9.32 Å². The first-order chi connectivity index (χ1) is 12.6. The summed E-state index contributed by atoms with van der Waals surface area (Å²) in [6.07, 6.45) is 2.05. The number of fused-ring (bicyclic) bond motifs is 1. The number of aromatic nitrogens is 2. The van der Waals surface area contributed by atoms with Gasteiger partial charge < -0.3 is 15.2 Å². The summed E-state index contributed by atoms with van der Waals surface area (Å²) in [5.74, 6) is -0.106. The summed E-state index contributed by atoms with van der Waals surface area (Å²) in [6, 6.07) is 10.0. The number of amides is 1. The van der Waals surface area contributed by atoms with E-state index in [0.29, 0.717) is 28.1 Å². The fraction of sp³-hybridized carbons (Fsp3) is 0.350. The van der Waals surface area contributed by atoms with Crippen molar-refractivity contribution in [2.45, 2.75) is 32.7 Å². The lowest BCUT2D eigenvalue weighted by Crippen LogP contribution is -2.45. The molecule has 1 amide bonds. The average Bonchev–Trinajstić information content (AvgIpc) is 3.03. The maximum atomic E-state index is 13.0. The van der Waals surface area contributed by atoms with E-state index in [-0.39, 0.29) is 24.4 Å². The number of piperidine rings is 1. The molecule has 1 atom stereocenters. The number of aryl methyl sites for hydroxylation is 2. The molecule has 1 aliphatic heterocycles. The summed E-state index contributed by atoms with van der Waals surface area (Å²) < 4.78 is 5.36. The quantitative estimate of drug-likeness (QED) is 0.721. The summed E-state index contributed by atoms with van der Waals surface area (Å²) in [5, 5.41) is 11.1. The van der Waals surface area contributed by atoms with Crippen molar-refractivity contribution in [3.63, 3.8) is 0 Å². The van der Waals surface area contributed by atoms with Crippen molar-refractivity contribution in [1.82, 2.24) is 20.8 Å². The molecule has 1 aromatic carbocycles. The Morgan fingerprint density at radius 3 is 2.74 bits per heavy atom. The van der Waals surface area contributed by atoms with Crippen LogP contribution in [0.1, 0.15) is 34.5 Å². The molecule has 0 aliphatic carbocycles. The van der Waals surface area contributed by atoms with Crippen LogP contribution in [0.3, 0.4) is 0 Å². The third kappa shape index (κ3) is 3.96. The van der Waals surface area contributed by atoms with Gasteiger partial charge in [-0.15, -0.1) is 12.4 Å². The van der Waals surface area contributed by atoms with E-state index < -0.39 is 0 Å². The number of nitrogens with zero attached hydrogens (tertiary/aromatic N) is 2. The van der Waals surface area contributed by atoms with Crippen molar-refractivity contribution in [1.29, 1.82) is 0 Å². The highest BCUT2D eigenvalue weighted by Crippen LogP contribution is 2.27. The molecule has 142 valence electrons. The molecule has 4 rings (SSSR count). The fourth-order valence-electron chi connectivity index (χ4n) is 3.38. The largest absolute Gasteiger partial charge is 0.348 e. The first kappa shape index (κ1) is 19.3. The topological polar surface area (TPSA) is 80.0 Å².